The van der Waals surface area contributed by atoms with Crippen molar-refractivity contribution < 1.29 is 14.3 Å². The van der Waals surface area contributed by atoms with Gasteiger partial charge in [-0.05, 0) is 28.3 Å². The van der Waals surface area contributed by atoms with E-state index in [0.717, 1.165) is 22.3 Å². The van der Waals surface area contributed by atoms with Crippen LogP contribution in [0.1, 0.15) is 5.56 Å². The molecule has 0 atom stereocenters. The van der Waals surface area contributed by atoms with E-state index in [-0.39, 0.29) is 17.8 Å². The van der Waals surface area contributed by atoms with Crippen LogP contribution in [0.15, 0.2) is 84.9 Å². The third-order valence-corrected chi connectivity index (χ3v) is 4.10. The van der Waals surface area contributed by atoms with E-state index < -0.39 is 5.97 Å². The molecule has 25 heavy (non-hydrogen) atoms. The van der Waals surface area contributed by atoms with Gasteiger partial charge < -0.3 is 5.11 Å². The van der Waals surface area contributed by atoms with Gasteiger partial charge in [-0.1, -0.05) is 73.3 Å². The Kier molecular flexibility index (Phi) is 4.75. The van der Waals surface area contributed by atoms with Gasteiger partial charge in [0, 0.05) is 17.6 Å². The summed E-state index contributed by atoms with van der Waals surface area (Å²) in [6.07, 6.45) is 0.233. The fraction of sp³-hybridized carbons (Fsp3) is 0.0455. The summed E-state index contributed by atoms with van der Waals surface area (Å²) in [6, 6.07) is 21.7. The largest absolute Gasteiger partial charge is 0.478 e. The molecule has 0 aliphatic carbocycles. The second kappa shape index (κ2) is 7.14. The Morgan fingerprint density at radius 3 is 1.88 bits per heavy atom. The number of rotatable bonds is 5. The van der Waals surface area contributed by atoms with Crippen LogP contribution in [0.3, 0.4) is 0 Å². The summed E-state index contributed by atoms with van der Waals surface area (Å²) < 4.78 is 14.3. The molecule has 0 saturated heterocycles. The molecule has 0 radical (unpaired) electrons. The lowest BCUT2D eigenvalue weighted by molar-refractivity contribution is -0.132. The SMILES string of the molecule is C=C(Cc1ccccc1-c1ccccc1-c1ccccc1F)C(=O)O. The summed E-state index contributed by atoms with van der Waals surface area (Å²) in [6.45, 7) is 3.62. The van der Waals surface area contributed by atoms with Gasteiger partial charge in [0.15, 0.2) is 0 Å². The first-order valence-electron chi connectivity index (χ1n) is 7.91. The average molecular weight is 332 g/mol. The summed E-state index contributed by atoms with van der Waals surface area (Å²) in [5.41, 5.74) is 4.00. The van der Waals surface area contributed by atoms with Crippen LogP contribution in [0, 0.1) is 5.82 Å². The van der Waals surface area contributed by atoms with E-state index in [4.69, 9.17) is 5.11 Å². The fourth-order valence-electron chi connectivity index (χ4n) is 2.88. The summed E-state index contributed by atoms with van der Waals surface area (Å²) >= 11 is 0. The molecule has 0 unspecified atom stereocenters. The highest BCUT2D eigenvalue weighted by atomic mass is 19.1. The number of halogens is 1. The highest BCUT2D eigenvalue weighted by Gasteiger charge is 2.14. The number of hydrogen-bond donors (Lipinski definition) is 1. The molecule has 3 aromatic carbocycles. The minimum absolute atomic E-state index is 0.121. The standard InChI is InChI=1S/C22H17FO2/c1-15(22(24)25)14-16-8-2-3-9-17(16)18-10-4-5-11-19(18)20-12-6-7-13-21(20)23/h2-13H,1,14H2,(H,24,25). The molecule has 0 amide bonds. The fourth-order valence-corrected chi connectivity index (χ4v) is 2.88. The third-order valence-electron chi connectivity index (χ3n) is 4.10. The molecule has 0 aromatic heterocycles. The zero-order valence-electron chi connectivity index (χ0n) is 13.6. The van der Waals surface area contributed by atoms with Crippen LogP contribution in [0.25, 0.3) is 22.3 Å². The van der Waals surface area contributed by atoms with Crippen molar-refractivity contribution in [2.45, 2.75) is 6.42 Å². The summed E-state index contributed by atoms with van der Waals surface area (Å²) in [5.74, 6) is -1.31. The van der Waals surface area contributed by atoms with Gasteiger partial charge in [0.25, 0.3) is 0 Å². The Bertz CT molecular complexity index is 944. The lowest BCUT2D eigenvalue weighted by Gasteiger charge is -2.15. The van der Waals surface area contributed by atoms with Crippen LogP contribution in [0.5, 0.6) is 0 Å². The molecule has 0 heterocycles. The van der Waals surface area contributed by atoms with Gasteiger partial charge in [0.05, 0.1) is 0 Å². The molecule has 2 nitrogen and oxygen atoms in total. The molecule has 3 rings (SSSR count). The van der Waals surface area contributed by atoms with E-state index in [9.17, 15) is 9.18 Å². The highest BCUT2D eigenvalue weighted by molar-refractivity contribution is 5.88. The summed E-state index contributed by atoms with van der Waals surface area (Å²) in [7, 11) is 0. The minimum atomic E-state index is -1.02. The monoisotopic (exact) mass is 332 g/mol. The van der Waals surface area contributed by atoms with Crippen molar-refractivity contribution in [2.24, 2.45) is 0 Å². The minimum Gasteiger partial charge on any atom is -0.478 e. The first-order chi connectivity index (χ1) is 12.1. The molecule has 0 saturated carbocycles. The second-order valence-corrected chi connectivity index (χ2v) is 5.77. The van der Waals surface area contributed by atoms with Crippen molar-refractivity contribution in [2.75, 3.05) is 0 Å². The van der Waals surface area contributed by atoms with Gasteiger partial charge >= 0.3 is 5.97 Å². The zero-order valence-corrected chi connectivity index (χ0v) is 13.6. The molecule has 124 valence electrons. The Balaban J connectivity index is 2.15. The lowest BCUT2D eigenvalue weighted by atomic mass is 9.90. The van der Waals surface area contributed by atoms with Gasteiger partial charge in [-0.15, -0.1) is 0 Å². The van der Waals surface area contributed by atoms with E-state index in [1.807, 2.05) is 48.5 Å². The molecule has 0 spiro atoms. The van der Waals surface area contributed by atoms with E-state index in [0.29, 0.717) is 5.56 Å². The van der Waals surface area contributed by atoms with E-state index >= 15 is 0 Å². The summed E-state index contributed by atoms with van der Waals surface area (Å²) in [5, 5.41) is 9.12. The Morgan fingerprint density at radius 2 is 1.28 bits per heavy atom. The van der Waals surface area contributed by atoms with E-state index in [1.54, 1.807) is 18.2 Å². The van der Waals surface area contributed by atoms with Crippen LogP contribution in [-0.2, 0) is 11.2 Å². The van der Waals surface area contributed by atoms with Gasteiger partial charge in [-0.25, -0.2) is 9.18 Å². The smallest absolute Gasteiger partial charge is 0.331 e. The normalized spacial score (nSPS) is 10.4. The molecule has 0 bridgehead atoms. The molecular formula is C22H17FO2. The predicted molar refractivity (Wildman–Crippen MR) is 97.8 cm³/mol. The topological polar surface area (TPSA) is 37.3 Å². The van der Waals surface area contributed by atoms with Crippen LogP contribution in [0.4, 0.5) is 4.39 Å². The predicted octanol–water partition coefficient (Wildman–Crippen LogP) is 5.34. The Hall–Kier alpha value is -3.20. The van der Waals surface area contributed by atoms with Crippen molar-refractivity contribution in [3.8, 4) is 22.3 Å². The van der Waals surface area contributed by atoms with Crippen molar-refractivity contribution in [1.29, 1.82) is 0 Å². The zero-order chi connectivity index (χ0) is 17.8. The van der Waals surface area contributed by atoms with Crippen molar-refractivity contribution >= 4 is 5.97 Å². The first kappa shape index (κ1) is 16.7. The maximum Gasteiger partial charge on any atom is 0.331 e. The van der Waals surface area contributed by atoms with Crippen LogP contribution >= 0.6 is 0 Å². The molecular weight excluding hydrogens is 315 g/mol. The molecule has 0 aliphatic heterocycles. The second-order valence-electron chi connectivity index (χ2n) is 5.77. The van der Waals surface area contributed by atoms with Crippen molar-refractivity contribution in [3.05, 3.63) is 96.3 Å². The van der Waals surface area contributed by atoms with Crippen molar-refractivity contribution in [1.82, 2.24) is 0 Å². The van der Waals surface area contributed by atoms with Gasteiger partial charge in [-0.2, -0.15) is 0 Å². The number of carboxylic acids is 1. The Morgan fingerprint density at radius 1 is 0.800 bits per heavy atom. The van der Waals surface area contributed by atoms with Crippen LogP contribution < -0.4 is 0 Å². The molecule has 0 fully saturated rings. The summed E-state index contributed by atoms with van der Waals surface area (Å²) in [4.78, 5) is 11.1. The molecule has 3 aromatic rings. The van der Waals surface area contributed by atoms with Gasteiger partial charge in [0.1, 0.15) is 5.82 Å². The van der Waals surface area contributed by atoms with E-state index in [2.05, 4.69) is 6.58 Å². The van der Waals surface area contributed by atoms with E-state index in [1.165, 1.54) is 6.07 Å². The maximum atomic E-state index is 14.3. The average Bonchev–Trinajstić information content (AvgIpc) is 2.62. The third kappa shape index (κ3) is 3.50. The number of hydrogen-bond acceptors (Lipinski definition) is 1. The lowest BCUT2D eigenvalue weighted by Crippen LogP contribution is -2.03. The number of carbonyl (C=O) groups is 1. The van der Waals surface area contributed by atoms with Gasteiger partial charge in [0.2, 0.25) is 0 Å². The number of benzene rings is 3. The quantitative estimate of drug-likeness (QED) is 0.640. The van der Waals surface area contributed by atoms with Crippen molar-refractivity contribution in [3.63, 3.8) is 0 Å². The van der Waals surface area contributed by atoms with Crippen LogP contribution in [-0.4, -0.2) is 11.1 Å². The molecule has 1 N–H and O–H groups in total. The maximum absolute atomic E-state index is 14.3. The first-order valence-corrected chi connectivity index (χ1v) is 7.91. The number of aliphatic carboxylic acids is 1. The molecule has 0 aliphatic rings. The number of carboxylic acid groups (broad SMARTS) is 1. The molecule has 3 heteroatoms. The van der Waals surface area contributed by atoms with Gasteiger partial charge in [-0.3, -0.25) is 0 Å². The van der Waals surface area contributed by atoms with Crippen LogP contribution in [0.2, 0.25) is 0 Å². The Labute approximate surface area is 145 Å². The highest BCUT2D eigenvalue weighted by Crippen LogP contribution is 2.35.